The van der Waals surface area contributed by atoms with Crippen LogP contribution in [-0.2, 0) is 13.0 Å². The largest absolute Gasteiger partial charge is 0.296 e. The topological polar surface area (TPSA) is 3.24 Å². The van der Waals surface area contributed by atoms with Crippen molar-refractivity contribution in [3.63, 3.8) is 0 Å². The van der Waals surface area contributed by atoms with Crippen LogP contribution in [0.2, 0.25) is 0 Å². The Bertz CT molecular complexity index is 298. The second-order valence-electron chi connectivity index (χ2n) is 3.84. The van der Waals surface area contributed by atoms with Gasteiger partial charge in [0.25, 0.3) is 0 Å². The highest BCUT2D eigenvalue weighted by atomic mass is 19.1. The molecule has 1 aliphatic heterocycles. The van der Waals surface area contributed by atoms with E-state index in [-0.39, 0.29) is 6.67 Å². The summed E-state index contributed by atoms with van der Waals surface area (Å²) in [6, 6.07) is 8.50. The van der Waals surface area contributed by atoms with E-state index in [1.165, 1.54) is 11.1 Å². The fourth-order valence-electron chi connectivity index (χ4n) is 2.08. The number of aryl methyl sites for hydroxylation is 1. The third kappa shape index (κ3) is 2.13. The molecule has 0 saturated heterocycles. The van der Waals surface area contributed by atoms with Gasteiger partial charge in [-0.25, -0.2) is 4.39 Å². The Morgan fingerprint density at radius 1 is 1.21 bits per heavy atom. The molecule has 0 bridgehead atoms. The summed E-state index contributed by atoms with van der Waals surface area (Å²) in [6.07, 6.45) is 2.29. The van der Waals surface area contributed by atoms with Crippen LogP contribution in [0.25, 0.3) is 0 Å². The minimum atomic E-state index is -0.234. The third-order valence-electron chi connectivity index (χ3n) is 2.83. The molecule has 0 saturated carbocycles. The van der Waals surface area contributed by atoms with E-state index in [2.05, 4.69) is 29.2 Å². The Kier molecular flexibility index (Phi) is 3.14. The molecule has 0 N–H and O–H groups in total. The predicted molar refractivity (Wildman–Crippen MR) is 56.0 cm³/mol. The van der Waals surface area contributed by atoms with Gasteiger partial charge in [0.1, 0.15) is 6.67 Å². The zero-order chi connectivity index (χ0) is 9.80. The molecule has 76 valence electrons. The van der Waals surface area contributed by atoms with E-state index in [0.29, 0.717) is 6.54 Å². The Morgan fingerprint density at radius 2 is 2.00 bits per heavy atom. The van der Waals surface area contributed by atoms with Gasteiger partial charge in [-0.3, -0.25) is 4.90 Å². The van der Waals surface area contributed by atoms with E-state index in [4.69, 9.17) is 0 Å². The third-order valence-corrected chi connectivity index (χ3v) is 2.83. The Hall–Kier alpha value is -0.890. The maximum absolute atomic E-state index is 12.2. The summed E-state index contributed by atoms with van der Waals surface area (Å²) in [4.78, 5) is 2.20. The van der Waals surface area contributed by atoms with E-state index in [1.54, 1.807) is 0 Å². The van der Waals surface area contributed by atoms with Crippen LogP contribution in [0.4, 0.5) is 4.39 Å². The van der Waals surface area contributed by atoms with Crippen molar-refractivity contribution in [2.24, 2.45) is 0 Å². The minimum Gasteiger partial charge on any atom is -0.296 e. The highest BCUT2D eigenvalue weighted by Crippen LogP contribution is 2.17. The highest BCUT2D eigenvalue weighted by Gasteiger charge is 2.12. The van der Waals surface area contributed by atoms with Gasteiger partial charge in [-0.2, -0.15) is 0 Å². The first kappa shape index (κ1) is 9.66. The number of hydrogen-bond donors (Lipinski definition) is 0. The van der Waals surface area contributed by atoms with E-state index in [9.17, 15) is 4.39 Å². The second kappa shape index (κ2) is 4.56. The van der Waals surface area contributed by atoms with E-state index < -0.39 is 0 Å². The van der Waals surface area contributed by atoms with Gasteiger partial charge in [-0.05, 0) is 30.5 Å². The van der Waals surface area contributed by atoms with Gasteiger partial charge in [-0.1, -0.05) is 24.3 Å². The van der Waals surface area contributed by atoms with Gasteiger partial charge in [0.15, 0.2) is 0 Å². The Labute approximate surface area is 84.5 Å². The number of halogens is 1. The predicted octanol–water partition coefficient (Wildman–Crippen LogP) is 2.40. The lowest BCUT2D eigenvalue weighted by molar-refractivity contribution is 0.243. The molecule has 1 heterocycles. The smallest absolute Gasteiger partial charge is 0.102 e. The summed E-state index contributed by atoms with van der Waals surface area (Å²) in [5.74, 6) is 0. The van der Waals surface area contributed by atoms with Crippen molar-refractivity contribution in [1.82, 2.24) is 4.90 Å². The SMILES string of the molecule is FCCN1CCCc2ccccc2C1. The first-order valence-electron chi connectivity index (χ1n) is 5.25. The zero-order valence-electron chi connectivity index (χ0n) is 8.38. The molecule has 0 atom stereocenters. The minimum absolute atomic E-state index is 0.234. The number of rotatable bonds is 2. The molecule has 0 radical (unpaired) electrons. The van der Waals surface area contributed by atoms with Gasteiger partial charge in [0, 0.05) is 13.1 Å². The molecule has 0 aromatic heterocycles. The first-order valence-corrected chi connectivity index (χ1v) is 5.25. The van der Waals surface area contributed by atoms with Gasteiger partial charge < -0.3 is 0 Å². The number of fused-ring (bicyclic) bond motifs is 1. The van der Waals surface area contributed by atoms with Gasteiger partial charge in [0.2, 0.25) is 0 Å². The molecular weight excluding hydrogens is 177 g/mol. The standard InChI is InChI=1S/C12H16FN/c13-7-9-14-8-3-6-11-4-1-2-5-12(11)10-14/h1-2,4-5H,3,6-10H2. The molecule has 0 unspecified atom stereocenters. The molecule has 2 rings (SSSR count). The number of benzene rings is 1. The summed E-state index contributed by atoms with van der Waals surface area (Å²) in [6.45, 7) is 2.29. The normalized spacial score (nSPS) is 17.5. The van der Waals surface area contributed by atoms with Crippen LogP contribution >= 0.6 is 0 Å². The average molecular weight is 193 g/mol. The molecule has 0 amide bonds. The van der Waals surface area contributed by atoms with E-state index in [1.807, 2.05) is 0 Å². The quantitative estimate of drug-likeness (QED) is 0.697. The maximum Gasteiger partial charge on any atom is 0.102 e. The van der Waals surface area contributed by atoms with E-state index >= 15 is 0 Å². The second-order valence-corrected chi connectivity index (χ2v) is 3.84. The lowest BCUT2D eigenvalue weighted by atomic mass is 10.0. The van der Waals surface area contributed by atoms with Crippen LogP contribution in [0.15, 0.2) is 24.3 Å². The van der Waals surface area contributed by atoms with Crippen molar-refractivity contribution in [3.05, 3.63) is 35.4 Å². The molecular formula is C12H16FN. The van der Waals surface area contributed by atoms with Crippen LogP contribution in [0, 0.1) is 0 Å². The van der Waals surface area contributed by atoms with Gasteiger partial charge >= 0.3 is 0 Å². The van der Waals surface area contributed by atoms with Crippen molar-refractivity contribution in [2.45, 2.75) is 19.4 Å². The van der Waals surface area contributed by atoms with Crippen LogP contribution < -0.4 is 0 Å². The Morgan fingerprint density at radius 3 is 2.79 bits per heavy atom. The monoisotopic (exact) mass is 193 g/mol. The molecule has 1 aromatic rings. The molecule has 1 aliphatic rings. The van der Waals surface area contributed by atoms with Crippen molar-refractivity contribution in [2.75, 3.05) is 19.8 Å². The Balaban J connectivity index is 2.14. The van der Waals surface area contributed by atoms with Crippen molar-refractivity contribution in [1.29, 1.82) is 0 Å². The van der Waals surface area contributed by atoms with Crippen molar-refractivity contribution in [3.8, 4) is 0 Å². The van der Waals surface area contributed by atoms with E-state index in [0.717, 1.165) is 25.9 Å². The summed E-state index contributed by atoms with van der Waals surface area (Å²) < 4.78 is 12.2. The fraction of sp³-hybridized carbons (Fsp3) is 0.500. The molecule has 14 heavy (non-hydrogen) atoms. The number of hydrogen-bond acceptors (Lipinski definition) is 1. The van der Waals surface area contributed by atoms with Crippen LogP contribution in [0.1, 0.15) is 17.5 Å². The zero-order valence-corrected chi connectivity index (χ0v) is 8.38. The molecule has 1 aromatic carbocycles. The maximum atomic E-state index is 12.2. The lowest BCUT2D eigenvalue weighted by Crippen LogP contribution is -2.25. The summed E-state index contributed by atoms with van der Waals surface area (Å²) in [5, 5.41) is 0. The number of nitrogens with zero attached hydrogens (tertiary/aromatic N) is 1. The van der Waals surface area contributed by atoms with Gasteiger partial charge in [-0.15, -0.1) is 0 Å². The lowest BCUT2D eigenvalue weighted by Gasteiger charge is -2.18. The molecule has 2 heteroatoms. The molecule has 0 fully saturated rings. The van der Waals surface area contributed by atoms with Crippen LogP contribution in [0.3, 0.4) is 0 Å². The number of alkyl halides is 1. The van der Waals surface area contributed by atoms with Crippen LogP contribution in [-0.4, -0.2) is 24.7 Å². The van der Waals surface area contributed by atoms with Crippen molar-refractivity contribution >= 4 is 0 Å². The van der Waals surface area contributed by atoms with Gasteiger partial charge in [0.05, 0.1) is 0 Å². The fourth-order valence-corrected chi connectivity index (χ4v) is 2.08. The van der Waals surface area contributed by atoms with Crippen LogP contribution in [0.5, 0.6) is 0 Å². The molecule has 1 nitrogen and oxygen atoms in total. The highest BCUT2D eigenvalue weighted by molar-refractivity contribution is 5.27. The average Bonchev–Trinajstić information content (AvgIpc) is 2.40. The molecule has 0 aliphatic carbocycles. The van der Waals surface area contributed by atoms with Crippen molar-refractivity contribution < 1.29 is 4.39 Å². The first-order chi connectivity index (χ1) is 6.90. The summed E-state index contributed by atoms with van der Waals surface area (Å²) in [7, 11) is 0. The molecule has 0 spiro atoms. The summed E-state index contributed by atoms with van der Waals surface area (Å²) >= 11 is 0. The summed E-state index contributed by atoms with van der Waals surface area (Å²) in [5.41, 5.74) is 2.81.